The van der Waals surface area contributed by atoms with Gasteiger partial charge in [-0.1, -0.05) is 6.07 Å². The lowest BCUT2D eigenvalue weighted by molar-refractivity contribution is -0.132. The molecular weight excluding hydrogens is 284 g/mol. The zero-order valence-corrected chi connectivity index (χ0v) is 11.6. The van der Waals surface area contributed by atoms with E-state index in [2.05, 4.69) is 0 Å². The number of benzene rings is 1. The van der Waals surface area contributed by atoms with Crippen molar-refractivity contribution in [3.63, 3.8) is 0 Å². The highest BCUT2D eigenvalue weighted by atomic mass is 32.1. The van der Waals surface area contributed by atoms with Crippen molar-refractivity contribution in [2.75, 3.05) is 13.7 Å². The Kier molecular flexibility index (Phi) is 4.68. The molecule has 1 aromatic heterocycles. The second-order valence-corrected chi connectivity index (χ2v) is 5.23. The van der Waals surface area contributed by atoms with Crippen molar-refractivity contribution in [2.45, 2.75) is 6.54 Å². The van der Waals surface area contributed by atoms with Gasteiger partial charge in [0.15, 0.2) is 18.2 Å². The van der Waals surface area contributed by atoms with Crippen LogP contribution in [0.15, 0.2) is 35.7 Å². The summed E-state index contributed by atoms with van der Waals surface area (Å²) in [5.41, 5.74) is 0. The van der Waals surface area contributed by atoms with Crippen LogP contribution < -0.4 is 4.74 Å². The molecule has 0 saturated heterocycles. The van der Waals surface area contributed by atoms with E-state index in [1.54, 1.807) is 18.4 Å². The first-order valence-corrected chi connectivity index (χ1v) is 6.78. The van der Waals surface area contributed by atoms with Crippen molar-refractivity contribution in [1.29, 1.82) is 0 Å². The summed E-state index contributed by atoms with van der Waals surface area (Å²) in [6, 6.07) is 7.01. The predicted octanol–water partition coefficient (Wildman–Crippen LogP) is 3.06. The van der Waals surface area contributed by atoms with Crippen LogP contribution in [0.4, 0.5) is 8.78 Å². The van der Waals surface area contributed by atoms with Gasteiger partial charge >= 0.3 is 0 Å². The van der Waals surface area contributed by atoms with Crippen LogP contribution in [0.2, 0.25) is 0 Å². The van der Waals surface area contributed by atoms with E-state index in [9.17, 15) is 13.6 Å². The highest BCUT2D eigenvalue weighted by molar-refractivity contribution is 7.09. The number of hydrogen-bond acceptors (Lipinski definition) is 3. The van der Waals surface area contributed by atoms with Gasteiger partial charge in [0.2, 0.25) is 0 Å². The summed E-state index contributed by atoms with van der Waals surface area (Å²) in [4.78, 5) is 14.4. The average molecular weight is 297 g/mol. The number of ether oxygens (including phenoxy) is 1. The van der Waals surface area contributed by atoms with Gasteiger partial charge in [0.25, 0.3) is 5.91 Å². The Morgan fingerprint density at radius 1 is 1.30 bits per heavy atom. The lowest BCUT2D eigenvalue weighted by Gasteiger charge is -2.16. The maximum Gasteiger partial charge on any atom is 0.260 e. The molecule has 6 heteroatoms. The number of hydrogen-bond donors (Lipinski definition) is 0. The molecule has 0 saturated carbocycles. The van der Waals surface area contributed by atoms with E-state index < -0.39 is 11.6 Å². The number of nitrogens with zero attached hydrogens (tertiary/aromatic N) is 1. The summed E-state index contributed by atoms with van der Waals surface area (Å²) < 4.78 is 30.8. The van der Waals surface area contributed by atoms with Gasteiger partial charge in [-0.2, -0.15) is 0 Å². The Hall–Kier alpha value is -1.95. The third-order valence-corrected chi connectivity index (χ3v) is 3.51. The Morgan fingerprint density at radius 3 is 2.75 bits per heavy atom. The molecule has 106 valence electrons. The molecule has 0 aliphatic carbocycles. The minimum absolute atomic E-state index is 0.127. The molecule has 0 N–H and O–H groups in total. The van der Waals surface area contributed by atoms with E-state index in [4.69, 9.17) is 4.74 Å². The van der Waals surface area contributed by atoms with Gasteiger partial charge in [0.1, 0.15) is 5.75 Å². The molecule has 0 radical (unpaired) electrons. The molecule has 0 spiro atoms. The van der Waals surface area contributed by atoms with Gasteiger partial charge in [-0.15, -0.1) is 11.3 Å². The number of rotatable bonds is 5. The Morgan fingerprint density at radius 2 is 2.10 bits per heavy atom. The summed E-state index contributed by atoms with van der Waals surface area (Å²) in [5.74, 6) is -2.05. The fourth-order valence-corrected chi connectivity index (χ4v) is 2.30. The van der Waals surface area contributed by atoms with Crippen LogP contribution in [0.25, 0.3) is 0 Å². The fraction of sp³-hybridized carbons (Fsp3) is 0.214. The number of carbonyl (C=O) groups is 1. The topological polar surface area (TPSA) is 29.5 Å². The van der Waals surface area contributed by atoms with Crippen LogP contribution in [0.5, 0.6) is 5.75 Å². The molecule has 0 aliphatic rings. The van der Waals surface area contributed by atoms with Crippen LogP contribution in [-0.4, -0.2) is 24.5 Å². The van der Waals surface area contributed by atoms with Gasteiger partial charge in [-0.3, -0.25) is 4.79 Å². The smallest absolute Gasteiger partial charge is 0.260 e. The molecule has 0 bridgehead atoms. The van der Waals surface area contributed by atoms with Crippen molar-refractivity contribution >= 4 is 17.2 Å². The quantitative estimate of drug-likeness (QED) is 0.849. The fourth-order valence-electron chi connectivity index (χ4n) is 1.55. The molecule has 1 amide bonds. The summed E-state index contributed by atoms with van der Waals surface area (Å²) >= 11 is 1.56. The normalized spacial score (nSPS) is 10.3. The molecule has 3 nitrogen and oxygen atoms in total. The molecule has 0 unspecified atom stereocenters. The van der Waals surface area contributed by atoms with Crippen molar-refractivity contribution in [2.24, 2.45) is 0 Å². The largest absolute Gasteiger partial charge is 0.484 e. The molecule has 2 rings (SSSR count). The number of thiophene rings is 1. The van der Waals surface area contributed by atoms with Crippen molar-refractivity contribution in [3.05, 3.63) is 52.2 Å². The summed E-state index contributed by atoms with van der Waals surface area (Å²) in [6.45, 7) is 0.282. The molecule has 0 aliphatic heterocycles. The highest BCUT2D eigenvalue weighted by Gasteiger charge is 2.11. The van der Waals surface area contributed by atoms with Gasteiger partial charge < -0.3 is 9.64 Å². The van der Waals surface area contributed by atoms with Gasteiger partial charge in [0.05, 0.1) is 6.54 Å². The van der Waals surface area contributed by atoms with Crippen LogP contribution in [0, 0.1) is 11.6 Å². The third-order valence-electron chi connectivity index (χ3n) is 2.65. The zero-order chi connectivity index (χ0) is 14.5. The molecule has 1 heterocycles. The van der Waals surface area contributed by atoms with E-state index in [0.29, 0.717) is 6.54 Å². The number of amides is 1. The lowest BCUT2D eigenvalue weighted by Crippen LogP contribution is -2.30. The van der Waals surface area contributed by atoms with E-state index in [0.717, 1.165) is 17.0 Å². The van der Waals surface area contributed by atoms with E-state index in [1.165, 1.54) is 11.0 Å². The minimum atomic E-state index is -0.998. The number of likely N-dealkylation sites (N-methyl/N-ethyl adjacent to an activating group) is 1. The molecule has 0 fully saturated rings. The van der Waals surface area contributed by atoms with Crippen molar-refractivity contribution in [3.8, 4) is 5.75 Å². The minimum Gasteiger partial charge on any atom is -0.484 e. The Bertz CT molecular complexity index is 587. The van der Waals surface area contributed by atoms with E-state index in [1.807, 2.05) is 17.5 Å². The summed E-state index contributed by atoms with van der Waals surface area (Å²) in [5, 5.41) is 1.94. The Balaban J connectivity index is 1.86. The molecule has 20 heavy (non-hydrogen) atoms. The SMILES string of the molecule is CN(Cc1cccs1)C(=O)COc1ccc(F)c(F)c1. The van der Waals surface area contributed by atoms with Crippen LogP contribution >= 0.6 is 11.3 Å². The monoisotopic (exact) mass is 297 g/mol. The van der Waals surface area contributed by atoms with Crippen LogP contribution in [0.1, 0.15) is 4.88 Å². The molecule has 0 atom stereocenters. The standard InChI is InChI=1S/C14H13F2NO2S/c1-17(8-11-3-2-6-20-11)14(18)9-19-10-4-5-12(15)13(16)7-10/h2-7H,8-9H2,1H3. The van der Waals surface area contributed by atoms with Crippen molar-refractivity contribution < 1.29 is 18.3 Å². The summed E-state index contributed by atoms with van der Waals surface area (Å²) in [6.07, 6.45) is 0. The molecule has 1 aromatic carbocycles. The maximum absolute atomic E-state index is 13.0. The zero-order valence-electron chi connectivity index (χ0n) is 10.8. The molecular formula is C14H13F2NO2S. The van der Waals surface area contributed by atoms with Crippen LogP contribution in [-0.2, 0) is 11.3 Å². The first kappa shape index (κ1) is 14.5. The number of halogens is 2. The second kappa shape index (κ2) is 6.47. The lowest BCUT2D eigenvalue weighted by atomic mass is 10.3. The molecule has 2 aromatic rings. The first-order valence-electron chi connectivity index (χ1n) is 5.90. The van der Waals surface area contributed by atoms with Crippen LogP contribution in [0.3, 0.4) is 0 Å². The predicted molar refractivity (Wildman–Crippen MR) is 72.6 cm³/mol. The van der Waals surface area contributed by atoms with E-state index in [-0.39, 0.29) is 18.3 Å². The second-order valence-electron chi connectivity index (χ2n) is 4.19. The highest BCUT2D eigenvalue weighted by Crippen LogP contribution is 2.16. The van der Waals surface area contributed by atoms with Gasteiger partial charge in [-0.25, -0.2) is 8.78 Å². The third kappa shape index (κ3) is 3.77. The summed E-state index contributed by atoms with van der Waals surface area (Å²) in [7, 11) is 1.66. The average Bonchev–Trinajstić information content (AvgIpc) is 2.92. The Labute approximate surface area is 119 Å². The number of carbonyl (C=O) groups excluding carboxylic acids is 1. The van der Waals surface area contributed by atoms with Gasteiger partial charge in [-0.05, 0) is 23.6 Å². The maximum atomic E-state index is 13.0. The van der Waals surface area contributed by atoms with Crippen molar-refractivity contribution in [1.82, 2.24) is 4.90 Å². The first-order chi connectivity index (χ1) is 9.56. The van der Waals surface area contributed by atoms with Gasteiger partial charge in [0, 0.05) is 18.0 Å². The van der Waals surface area contributed by atoms with E-state index >= 15 is 0 Å².